The molecule has 0 saturated carbocycles. The summed E-state index contributed by atoms with van der Waals surface area (Å²) >= 11 is 0. The highest BCUT2D eigenvalue weighted by Crippen LogP contribution is 2.01. The molecule has 0 spiro atoms. The first-order valence-corrected chi connectivity index (χ1v) is 4.65. The van der Waals surface area contributed by atoms with Crippen molar-refractivity contribution >= 4 is 0 Å². The van der Waals surface area contributed by atoms with Crippen molar-refractivity contribution in [3.63, 3.8) is 0 Å². The van der Waals surface area contributed by atoms with Crippen LogP contribution in [0.1, 0.15) is 44.9 Å². The lowest BCUT2D eigenvalue weighted by Crippen LogP contribution is -1.71. The molecule has 0 unspecified atom stereocenters. The van der Waals surface area contributed by atoms with Crippen LogP contribution >= 0.6 is 0 Å². The molecule has 0 bridgehead atoms. The van der Waals surface area contributed by atoms with E-state index in [4.69, 9.17) is 0 Å². The number of hydrogen-bond donors (Lipinski definition) is 0. The van der Waals surface area contributed by atoms with Gasteiger partial charge in [-0.25, -0.2) is 0 Å². The van der Waals surface area contributed by atoms with Gasteiger partial charge < -0.3 is 0 Å². The van der Waals surface area contributed by atoms with E-state index in [1.807, 2.05) is 0 Å². The molecule has 0 nitrogen and oxygen atoms in total. The van der Waals surface area contributed by atoms with Crippen molar-refractivity contribution in [2.24, 2.45) is 0 Å². The summed E-state index contributed by atoms with van der Waals surface area (Å²) in [5.74, 6) is 0. The molecule has 0 heterocycles. The number of unbranched alkanes of at least 4 members (excludes halogenated alkanes) is 5. The van der Waals surface area contributed by atoms with Gasteiger partial charge in [0.2, 0.25) is 0 Å². The maximum atomic E-state index is 3.80. The van der Waals surface area contributed by atoms with Crippen LogP contribution in [0.25, 0.3) is 0 Å². The van der Waals surface area contributed by atoms with Crippen LogP contribution in [0.5, 0.6) is 0 Å². The predicted octanol–water partition coefficient (Wildman–Crippen LogP) is 3.94. The Morgan fingerprint density at radius 2 is 1.27 bits per heavy atom. The molecule has 0 aromatic heterocycles. The van der Waals surface area contributed by atoms with Crippen molar-refractivity contribution in [1.29, 1.82) is 0 Å². The molecule has 11 heavy (non-hydrogen) atoms. The van der Waals surface area contributed by atoms with Crippen molar-refractivity contribution in [3.05, 3.63) is 26.0 Å². The third-order valence-electron chi connectivity index (χ3n) is 1.66. The molecular weight excluding hydrogens is 132 g/mol. The van der Waals surface area contributed by atoms with Crippen molar-refractivity contribution in [1.82, 2.24) is 0 Å². The minimum Gasteiger partial charge on any atom is -0.0885 e. The summed E-state index contributed by atoms with van der Waals surface area (Å²) in [4.78, 5) is 0. The fraction of sp³-hybridized carbons (Fsp3) is 0.636. The zero-order chi connectivity index (χ0) is 8.36. The van der Waals surface area contributed by atoms with E-state index in [1.165, 1.54) is 32.1 Å². The molecule has 0 aliphatic rings. The van der Waals surface area contributed by atoms with E-state index >= 15 is 0 Å². The van der Waals surface area contributed by atoms with E-state index in [2.05, 4.69) is 26.0 Å². The molecule has 0 saturated heterocycles. The number of rotatable bonds is 7. The Hall–Kier alpha value is -0.260. The standard InChI is InChI=1S/C11H20/c1-3-5-7-9-11-10-8-6-4-2/h9,11H,1-8,10H2. The van der Waals surface area contributed by atoms with Gasteiger partial charge in [0.1, 0.15) is 0 Å². The third-order valence-corrected chi connectivity index (χ3v) is 1.66. The molecule has 0 rings (SSSR count). The average molecular weight is 152 g/mol. The van der Waals surface area contributed by atoms with Gasteiger partial charge in [0.15, 0.2) is 0 Å². The van der Waals surface area contributed by atoms with E-state index in [0.29, 0.717) is 0 Å². The molecule has 0 aliphatic heterocycles. The normalized spacial score (nSPS) is 11.1. The van der Waals surface area contributed by atoms with Crippen LogP contribution < -0.4 is 0 Å². The molecule has 64 valence electrons. The van der Waals surface area contributed by atoms with Gasteiger partial charge in [-0.15, -0.1) is 0 Å². The minimum absolute atomic E-state index is 1.06. The maximum absolute atomic E-state index is 3.80. The molecule has 0 N–H and O–H groups in total. The predicted molar refractivity (Wildman–Crippen MR) is 52.2 cm³/mol. The molecule has 0 aliphatic carbocycles. The molecule has 2 radical (unpaired) electrons. The van der Waals surface area contributed by atoms with Gasteiger partial charge in [-0.05, 0) is 25.7 Å². The molecule has 0 heteroatoms. The molecule has 0 amide bonds. The minimum atomic E-state index is 1.06. The van der Waals surface area contributed by atoms with E-state index in [0.717, 1.165) is 12.8 Å². The van der Waals surface area contributed by atoms with Crippen LogP contribution in [-0.4, -0.2) is 0 Å². The van der Waals surface area contributed by atoms with Gasteiger partial charge in [-0.3, -0.25) is 0 Å². The van der Waals surface area contributed by atoms with Gasteiger partial charge in [0.05, 0.1) is 0 Å². The summed E-state index contributed by atoms with van der Waals surface area (Å²) in [6.07, 6.45) is 12.9. The number of allylic oxidation sites excluding steroid dienone is 2. The quantitative estimate of drug-likeness (QED) is 0.383. The summed E-state index contributed by atoms with van der Waals surface area (Å²) in [6.45, 7) is 7.59. The average Bonchev–Trinajstić information content (AvgIpc) is 2.03. The molecule has 0 atom stereocenters. The topological polar surface area (TPSA) is 0 Å². The van der Waals surface area contributed by atoms with Crippen molar-refractivity contribution in [2.75, 3.05) is 0 Å². The van der Waals surface area contributed by atoms with Gasteiger partial charge in [0.25, 0.3) is 0 Å². The first kappa shape index (κ1) is 10.7. The zero-order valence-electron chi connectivity index (χ0n) is 7.52. The van der Waals surface area contributed by atoms with Crippen LogP contribution in [0.3, 0.4) is 0 Å². The van der Waals surface area contributed by atoms with Crippen LogP contribution in [0.2, 0.25) is 0 Å². The van der Waals surface area contributed by atoms with Crippen LogP contribution in [0.4, 0.5) is 0 Å². The van der Waals surface area contributed by atoms with E-state index < -0.39 is 0 Å². The second-order valence-electron chi connectivity index (χ2n) is 2.82. The molecule has 0 aromatic carbocycles. The van der Waals surface area contributed by atoms with Crippen LogP contribution in [0.15, 0.2) is 12.2 Å². The highest BCUT2D eigenvalue weighted by molar-refractivity contribution is 4.81. The first-order chi connectivity index (χ1) is 5.41. The SMILES string of the molecule is [CH2]CCCC=CCCCC[CH2]. The summed E-state index contributed by atoms with van der Waals surface area (Å²) in [7, 11) is 0. The lowest BCUT2D eigenvalue weighted by Gasteiger charge is -1.91. The Morgan fingerprint density at radius 1 is 0.727 bits per heavy atom. The summed E-state index contributed by atoms with van der Waals surface area (Å²) in [6, 6.07) is 0. The fourth-order valence-electron chi connectivity index (χ4n) is 0.937. The summed E-state index contributed by atoms with van der Waals surface area (Å²) in [5.41, 5.74) is 0. The van der Waals surface area contributed by atoms with E-state index in [-0.39, 0.29) is 0 Å². The second-order valence-corrected chi connectivity index (χ2v) is 2.82. The van der Waals surface area contributed by atoms with Crippen LogP contribution in [-0.2, 0) is 0 Å². The Bertz CT molecular complexity index is 82.0. The highest BCUT2D eigenvalue weighted by Gasteiger charge is 1.81. The smallest absolute Gasteiger partial charge is 0.0351 e. The van der Waals surface area contributed by atoms with Gasteiger partial charge in [-0.1, -0.05) is 45.3 Å². The molecular formula is C11H20. The molecule has 0 aromatic rings. The van der Waals surface area contributed by atoms with E-state index in [9.17, 15) is 0 Å². The largest absolute Gasteiger partial charge is 0.0885 e. The van der Waals surface area contributed by atoms with Gasteiger partial charge in [0, 0.05) is 0 Å². The lowest BCUT2D eigenvalue weighted by molar-refractivity contribution is 0.757. The van der Waals surface area contributed by atoms with Gasteiger partial charge in [-0.2, -0.15) is 0 Å². The maximum Gasteiger partial charge on any atom is -0.0351 e. The Morgan fingerprint density at radius 3 is 1.82 bits per heavy atom. The Labute approximate surface area is 71.7 Å². The van der Waals surface area contributed by atoms with Crippen LogP contribution in [0, 0.1) is 13.8 Å². The summed E-state index contributed by atoms with van der Waals surface area (Å²) < 4.78 is 0. The Balaban J connectivity index is 2.91. The third kappa shape index (κ3) is 9.74. The summed E-state index contributed by atoms with van der Waals surface area (Å²) in [5, 5.41) is 0. The zero-order valence-corrected chi connectivity index (χ0v) is 7.52. The van der Waals surface area contributed by atoms with Crippen molar-refractivity contribution < 1.29 is 0 Å². The fourth-order valence-corrected chi connectivity index (χ4v) is 0.937. The van der Waals surface area contributed by atoms with Crippen molar-refractivity contribution in [2.45, 2.75) is 44.9 Å². The monoisotopic (exact) mass is 152 g/mol. The lowest BCUT2D eigenvalue weighted by atomic mass is 10.2. The van der Waals surface area contributed by atoms with E-state index in [1.54, 1.807) is 0 Å². The highest BCUT2D eigenvalue weighted by atomic mass is 13.9. The Kier molecular flexibility index (Phi) is 9.51. The second kappa shape index (κ2) is 9.74. The molecule has 0 fully saturated rings. The first-order valence-electron chi connectivity index (χ1n) is 4.65. The van der Waals surface area contributed by atoms with Gasteiger partial charge >= 0.3 is 0 Å². The number of hydrogen-bond acceptors (Lipinski definition) is 0. The van der Waals surface area contributed by atoms with Crippen molar-refractivity contribution in [3.8, 4) is 0 Å².